The fourth-order valence-electron chi connectivity index (χ4n) is 9.30. The molecule has 0 N–H and O–H groups in total. The zero-order chi connectivity index (χ0) is 54.8. The minimum Gasteiger partial charge on any atom is -0.490 e. The van der Waals surface area contributed by atoms with E-state index in [1.165, 1.54) is 29.8 Å². The summed E-state index contributed by atoms with van der Waals surface area (Å²) in [4.78, 5) is 51.8. The zero-order valence-corrected chi connectivity index (χ0v) is 47.1. The summed E-state index contributed by atoms with van der Waals surface area (Å²) in [5.41, 5.74) is 4.89. The van der Waals surface area contributed by atoms with Crippen molar-refractivity contribution in [3.05, 3.63) is 129 Å². The van der Waals surface area contributed by atoms with Crippen molar-refractivity contribution in [2.75, 3.05) is 46.4 Å². The Bertz CT molecular complexity index is 3250. The van der Waals surface area contributed by atoms with Crippen molar-refractivity contribution in [1.29, 1.82) is 0 Å². The molecular formula is C59H63Cl2FN6O8S. The van der Waals surface area contributed by atoms with Gasteiger partial charge < -0.3 is 33.3 Å². The largest absolute Gasteiger partial charge is 0.490 e. The summed E-state index contributed by atoms with van der Waals surface area (Å²) in [7, 11) is 2.11. The first-order valence-electron chi connectivity index (χ1n) is 25.7. The molecule has 0 amide bonds. The van der Waals surface area contributed by atoms with Gasteiger partial charge in [0.1, 0.15) is 59.0 Å². The summed E-state index contributed by atoms with van der Waals surface area (Å²) in [6.45, 7) is 18.9. The van der Waals surface area contributed by atoms with E-state index >= 15 is 0 Å². The number of carbonyl (C=O) groups is 2. The van der Waals surface area contributed by atoms with Crippen molar-refractivity contribution in [1.82, 2.24) is 29.7 Å². The molecule has 0 aliphatic carbocycles. The third kappa shape index (κ3) is 13.5. The summed E-state index contributed by atoms with van der Waals surface area (Å²) in [5, 5.41) is 1.12. The van der Waals surface area contributed by atoms with Crippen LogP contribution in [0.1, 0.15) is 75.9 Å². The molecule has 2 atom stereocenters. The lowest BCUT2D eigenvalue weighted by molar-refractivity contribution is -0.163. The second-order valence-electron chi connectivity index (χ2n) is 21.5. The molecule has 404 valence electrons. The molecule has 4 bridgehead atoms. The Kier molecular flexibility index (Phi) is 16.7. The van der Waals surface area contributed by atoms with Gasteiger partial charge >= 0.3 is 11.9 Å². The van der Waals surface area contributed by atoms with Gasteiger partial charge in [-0.15, -0.1) is 11.3 Å². The Morgan fingerprint density at radius 2 is 1.51 bits per heavy atom. The van der Waals surface area contributed by atoms with Crippen LogP contribution in [0.5, 0.6) is 23.1 Å². The molecular weight excluding hydrogens is 1040 g/mol. The highest BCUT2D eigenvalue weighted by Gasteiger charge is 2.34. The molecule has 77 heavy (non-hydrogen) atoms. The fourth-order valence-corrected chi connectivity index (χ4v) is 11.0. The van der Waals surface area contributed by atoms with Crippen molar-refractivity contribution in [3.8, 4) is 56.1 Å². The maximum absolute atomic E-state index is 14.6. The molecule has 4 aromatic carbocycles. The molecule has 0 unspecified atom stereocenters. The molecule has 18 heteroatoms. The summed E-state index contributed by atoms with van der Waals surface area (Å²) in [6, 6.07) is 21.2. The van der Waals surface area contributed by atoms with Crippen LogP contribution in [0.4, 0.5) is 4.39 Å². The van der Waals surface area contributed by atoms with Crippen molar-refractivity contribution < 1.29 is 42.4 Å². The first-order valence-corrected chi connectivity index (χ1v) is 27.2. The van der Waals surface area contributed by atoms with E-state index in [1.54, 1.807) is 51.2 Å². The highest BCUT2D eigenvalue weighted by atomic mass is 35.5. The van der Waals surface area contributed by atoms with Gasteiger partial charge in [-0.25, -0.2) is 29.1 Å². The minimum absolute atomic E-state index is 0.0439. The van der Waals surface area contributed by atoms with E-state index in [1.807, 2.05) is 71.0 Å². The van der Waals surface area contributed by atoms with Crippen molar-refractivity contribution >= 4 is 56.7 Å². The standard InChI is InChI=1S/C59H63Cl2FN6O8S/c1-34-47-35(2)51(61)52(50(34)60)73-43(30-68-26-24-67(9)25-27-68)32-71-42-19-20-44(72-31-41-22-23-63-54(66-41)38-13-10-36(11-14-38)12-21-46(69)75-58(3,4)5)39(28-42)29-45(57(70)76-59(6,7)8)74-55-49-48(47)53(77-56(49)65-33-64-55)37-15-17-40(62)18-16-37/h10-11,13-20,22-23,28,33,43,45H,12,21,24-27,29-32H2,1-9H3/t43-,45-/m1/s1. The molecule has 14 nitrogen and oxygen atoms in total. The number of carbonyl (C=O) groups excluding carboxylic acids is 2. The number of hydrogen-bond acceptors (Lipinski definition) is 15. The average Bonchev–Trinajstić information content (AvgIpc) is 3.92. The number of likely N-dealkylation sites (N-methyl/N-ethyl adjacent to an activating group) is 1. The number of halogens is 3. The van der Waals surface area contributed by atoms with Crippen molar-refractivity contribution in [2.45, 2.75) is 105 Å². The highest BCUT2D eigenvalue weighted by Crippen LogP contribution is 2.53. The number of esters is 2. The summed E-state index contributed by atoms with van der Waals surface area (Å²) >= 11 is 16.2. The quantitative estimate of drug-likeness (QED) is 0.113. The van der Waals surface area contributed by atoms with Gasteiger partial charge in [0.05, 0.1) is 21.1 Å². The number of fused-ring (bicyclic) bond motifs is 7. The second-order valence-corrected chi connectivity index (χ2v) is 23.2. The van der Waals surface area contributed by atoms with Crippen LogP contribution < -0.4 is 18.9 Å². The van der Waals surface area contributed by atoms with Crippen molar-refractivity contribution in [2.24, 2.45) is 0 Å². The molecule has 6 heterocycles. The number of aryl methyl sites for hydroxylation is 1. The Labute approximate surface area is 462 Å². The number of rotatable bonds is 11. The zero-order valence-electron chi connectivity index (χ0n) is 44.8. The number of piperazine rings is 1. The Hall–Kier alpha value is -6.43. The van der Waals surface area contributed by atoms with E-state index in [-0.39, 0.29) is 37.9 Å². The molecule has 0 radical (unpaired) electrons. The molecule has 3 aliphatic rings. The monoisotopic (exact) mass is 1100 g/mol. The third-order valence-electron chi connectivity index (χ3n) is 13.1. The topological polar surface area (TPSA) is 148 Å². The SMILES string of the molecule is Cc1c(Cl)c2c(Cl)c(C)c1-c1c(-c3ccc(F)cc3)sc3ncnc(c13)O[C@@H](C(=O)OC(C)(C)C)Cc1cc(ccc1OCc1ccnc(-c3ccc(CCC(=O)OC(C)(C)C)cc3)n1)OC[C@@H](CN1CCN(C)CC1)O2. The molecule has 3 aliphatic heterocycles. The van der Waals surface area contributed by atoms with Crippen molar-refractivity contribution in [3.63, 3.8) is 0 Å². The van der Waals surface area contributed by atoms with Gasteiger partial charge in [-0.3, -0.25) is 9.69 Å². The van der Waals surface area contributed by atoms with E-state index in [9.17, 15) is 14.0 Å². The summed E-state index contributed by atoms with van der Waals surface area (Å²) in [5.74, 6) is 0.571. The number of ether oxygens (including phenoxy) is 6. The van der Waals surface area contributed by atoms with Gasteiger partial charge in [-0.2, -0.15) is 0 Å². The molecule has 7 aromatic rings. The number of nitrogens with zero attached hydrogens (tertiary/aromatic N) is 6. The molecule has 3 aromatic heterocycles. The van der Waals surface area contributed by atoms with Crippen LogP contribution in [0.2, 0.25) is 10.0 Å². The van der Waals surface area contributed by atoms with Gasteiger partial charge in [-0.05, 0) is 133 Å². The van der Waals surface area contributed by atoms with Crippen LogP contribution >= 0.6 is 34.5 Å². The number of hydrogen-bond donors (Lipinski definition) is 0. The van der Waals surface area contributed by atoms with Gasteiger partial charge in [-0.1, -0.05) is 59.6 Å². The first kappa shape index (κ1) is 55.3. The lowest BCUT2D eigenvalue weighted by Crippen LogP contribution is -2.49. The maximum atomic E-state index is 14.6. The Morgan fingerprint density at radius 3 is 2.19 bits per heavy atom. The predicted molar refractivity (Wildman–Crippen MR) is 298 cm³/mol. The number of aromatic nitrogens is 4. The Morgan fingerprint density at radius 1 is 0.818 bits per heavy atom. The van der Waals surface area contributed by atoms with E-state index in [0.717, 1.165) is 42.2 Å². The highest BCUT2D eigenvalue weighted by molar-refractivity contribution is 7.22. The lowest BCUT2D eigenvalue weighted by atomic mass is 9.92. The molecule has 0 saturated carbocycles. The van der Waals surface area contributed by atoms with Crippen LogP contribution in [-0.4, -0.2) is 111 Å². The third-order valence-corrected chi connectivity index (χ3v) is 15.2. The minimum atomic E-state index is -1.29. The summed E-state index contributed by atoms with van der Waals surface area (Å²) in [6.07, 6.45) is 2.00. The Balaban J connectivity index is 1.11. The van der Waals surface area contributed by atoms with Crippen LogP contribution in [0, 0.1) is 19.7 Å². The molecule has 0 spiro atoms. The van der Waals surface area contributed by atoms with E-state index < -0.39 is 35.2 Å². The fraction of sp³-hybridized carbons (Fsp3) is 0.390. The van der Waals surface area contributed by atoms with Gasteiger partial charge in [0, 0.05) is 73.3 Å². The smallest absolute Gasteiger partial charge is 0.348 e. The maximum Gasteiger partial charge on any atom is 0.348 e. The van der Waals surface area contributed by atoms with Gasteiger partial charge in [0.25, 0.3) is 0 Å². The predicted octanol–water partition coefficient (Wildman–Crippen LogP) is 12.1. The number of benzene rings is 4. The normalized spacial score (nSPS) is 16.5. The summed E-state index contributed by atoms with van der Waals surface area (Å²) < 4.78 is 53.2. The molecule has 1 fully saturated rings. The van der Waals surface area contributed by atoms with E-state index in [0.29, 0.717) is 95.4 Å². The van der Waals surface area contributed by atoms with E-state index in [2.05, 4.69) is 21.8 Å². The van der Waals surface area contributed by atoms with Gasteiger partial charge in [0.2, 0.25) is 12.0 Å². The molecule has 1 saturated heterocycles. The lowest BCUT2D eigenvalue weighted by Gasteiger charge is -2.35. The molecule has 10 rings (SSSR count). The first-order chi connectivity index (χ1) is 36.7. The second kappa shape index (κ2) is 23.3. The van der Waals surface area contributed by atoms with E-state index in [4.69, 9.17) is 66.6 Å². The van der Waals surface area contributed by atoms with Crippen LogP contribution in [0.3, 0.4) is 0 Å². The average molecular weight is 1110 g/mol. The van der Waals surface area contributed by atoms with Gasteiger partial charge in [0.15, 0.2) is 11.6 Å². The number of thiophene rings is 1. The van der Waals surface area contributed by atoms with Crippen LogP contribution in [0.15, 0.2) is 85.3 Å². The van der Waals surface area contributed by atoms with Crippen LogP contribution in [-0.2, 0) is 38.5 Å². The van der Waals surface area contributed by atoms with Crippen LogP contribution in [0.25, 0.3) is 43.2 Å².